The molecule has 0 aromatic carbocycles. The van der Waals surface area contributed by atoms with Crippen LogP contribution in [0.15, 0.2) is 12.4 Å². The summed E-state index contributed by atoms with van der Waals surface area (Å²) in [6, 6.07) is 0. The molecule has 0 spiro atoms. The molecule has 1 saturated carbocycles. The lowest BCUT2D eigenvalue weighted by Gasteiger charge is -2.63. The molecule has 3 heterocycles. The van der Waals surface area contributed by atoms with Crippen LogP contribution in [-0.4, -0.2) is 45.8 Å². The van der Waals surface area contributed by atoms with Gasteiger partial charge in [0.05, 0.1) is 12.6 Å². The summed E-state index contributed by atoms with van der Waals surface area (Å²) in [5, 5.41) is 0. The van der Waals surface area contributed by atoms with Crippen LogP contribution in [-0.2, 0) is 17.8 Å². The predicted molar refractivity (Wildman–Crippen MR) is 76.1 cm³/mol. The molecular formula is C15H24N4O. The molecule has 0 amide bonds. The summed E-state index contributed by atoms with van der Waals surface area (Å²) >= 11 is 0. The number of nitrogens with zero attached hydrogens (tertiary/aromatic N) is 3. The van der Waals surface area contributed by atoms with Gasteiger partial charge in [-0.3, -0.25) is 4.90 Å². The van der Waals surface area contributed by atoms with Crippen molar-refractivity contribution in [2.45, 2.75) is 45.0 Å². The van der Waals surface area contributed by atoms with Crippen LogP contribution in [0.3, 0.4) is 0 Å². The second kappa shape index (κ2) is 4.06. The summed E-state index contributed by atoms with van der Waals surface area (Å²) in [4.78, 5) is 6.91. The third-order valence-corrected chi connectivity index (χ3v) is 5.97. The van der Waals surface area contributed by atoms with Crippen molar-refractivity contribution >= 4 is 0 Å². The van der Waals surface area contributed by atoms with Gasteiger partial charge in [0.25, 0.3) is 0 Å². The van der Waals surface area contributed by atoms with E-state index >= 15 is 0 Å². The van der Waals surface area contributed by atoms with E-state index in [4.69, 9.17) is 10.5 Å². The van der Waals surface area contributed by atoms with E-state index in [-0.39, 0.29) is 11.0 Å². The lowest BCUT2D eigenvalue weighted by Crippen LogP contribution is -2.78. The number of aromatic nitrogens is 2. The predicted octanol–water partition coefficient (Wildman–Crippen LogP) is 0.841. The fourth-order valence-corrected chi connectivity index (χ4v) is 4.52. The Morgan fingerprint density at radius 2 is 2.30 bits per heavy atom. The lowest BCUT2D eigenvalue weighted by molar-refractivity contribution is -0.164. The third-order valence-electron chi connectivity index (χ3n) is 5.97. The SMILES string of the molecule is CC1(C)C2OCCC2C1(N)CN1CCn2ccnc2C1. The van der Waals surface area contributed by atoms with E-state index in [0.29, 0.717) is 12.0 Å². The van der Waals surface area contributed by atoms with Crippen LogP contribution in [0.2, 0.25) is 0 Å². The van der Waals surface area contributed by atoms with Gasteiger partial charge in [-0.15, -0.1) is 0 Å². The summed E-state index contributed by atoms with van der Waals surface area (Å²) in [5.41, 5.74) is 6.79. The van der Waals surface area contributed by atoms with Crippen LogP contribution in [0.1, 0.15) is 26.1 Å². The van der Waals surface area contributed by atoms with Crippen molar-refractivity contribution in [3.05, 3.63) is 18.2 Å². The molecule has 0 bridgehead atoms. The topological polar surface area (TPSA) is 56.3 Å². The highest BCUT2D eigenvalue weighted by atomic mass is 16.5. The molecule has 3 aliphatic rings. The molecule has 2 N–H and O–H groups in total. The molecule has 110 valence electrons. The van der Waals surface area contributed by atoms with Crippen LogP contribution in [0.5, 0.6) is 0 Å². The third kappa shape index (κ3) is 1.51. The van der Waals surface area contributed by atoms with Crippen LogP contribution in [0, 0.1) is 11.3 Å². The zero-order chi connectivity index (χ0) is 14.0. The number of hydrogen-bond acceptors (Lipinski definition) is 4. The van der Waals surface area contributed by atoms with E-state index in [1.165, 1.54) is 0 Å². The molecule has 0 radical (unpaired) electrons. The van der Waals surface area contributed by atoms with Gasteiger partial charge in [0.2, 0.25) is 0 Å². The Kier molecular flexibility index (Phi) is 2.60. The Morgan fingerprint density at radius 1 is 1.45 bits per heavy atom. The maximum atomic E-state index is 6.84. The average Bonchev–Trinajstić information content (AvgIpc) is 3.06. The van der Waals surface area contributed by atoms with Crippen molar-refractivity contribution in [2.24, 2.45) is 17.1 Å². The minimum atomic E-state index is -0.122. The standard InChI is InChI=1S/C15H24N4O/c1-14(2)13-11(3-8-20-13)15(14,16)10-18-6-7-19-5-4-17-12(19)9-18/h4-5,11,13H,3,6-10,16H2,1-2H3. The largest absolute Gasteiger partial charge is 0.377 e. The van der Waals surface area contributed by atoms with Crippen LogP contribution < -0.4 is 5.73 Å². The van der Waals surface area contributed by atoms with Crippen molar-refractivity contribution < 1.29 is 4.74 Å². The van der Waals surface area contributed by atoms with E-state index in [2.05, 4.69) is 34.5 Å². The monoisotopic (exact) mass is 276 g/mol. The Morgan fingerprint density at radius 3 is 3.15 bits per heavy atom. The molecule has 20 heavy (non-hydrogen) atoms. The van der Waals surface area contributed by atoms with Crippen LogP contribution >= 0.6 is 0 Å². The maximum absolute atomic E-state index is 6.84. The Balaban J connectivity index is 1.52. The van der Waals surface area contributed by atoms with E-state index < -0.39 is 0 Å². The fraction of sp³-hybridized carbons (Fsp3) is 0.800. The lowest BCUT2D eigenvalue weighted by atomic mass is 9.48. The molecule has 2 fully saturated rings. The second-order valence-corrected chi connectivity index (χ2v) is 7.20. The minimum Gasteiger partial charge on any atom is -0.377 e. The molecule has 5 heteroatoms. The van der Waals surface area contributed by atoms with Gasteiger partial charge >= 0.3 is 0 Å². The van der Waals surface area contributed by atoms with Gasteiger partial charge in [-0.25, -0.2) is 4.98 Å². The first kappa shape index (κ1) is 12.8. The number of hydrogen-bond donors (Lipinski definition) is 1. The first-order valence-electron chi connectivity index (χ1n) is 7.65. The summed E-state index contributed by atoms with van der Waals surface area (Å²) in [7, 11) is 0. The van der Waals surface area contributed by atoms with E-state index in [1.54, 1.807) is 0 Å². The fourth-order valence-electron chi connectivity index (χ4n) is 4.52. The van der Waals surface area contributed by atoms with Crippen molar-refractivity contribution in [2.75, 3.05) is 19.7 Å². The first-order valence-corrected chi connectivity index (χ1v) is 7.65. The van der Waals surface area contributed by atoms with Crippen molar-refractivity contribution in [1.29, 1.82) is 0 Å². The molecule has 3 unspecified atom stereocenters. The van der Waals surface area contributed by atoms with Gasteiger partial charge in [0, 0.05) is 55.5 Å². The van der Waals surface area contributed by atoms with E-state index in [9.17, 15) is 0 Å². The summed E-state index contributed by atoms with van der Waals surface area (Å²) < 4.78 is 8.12. The van der Waals surface area contributed by atoms with Gasteiger partial charge in [0.15, 0.2) is 0 Å². The van der Waals surface area contributed by atoms with Gasteiger partial charge in [-0.2, -0.15) is 0 Å². The van der Waals surface area contributed by atoms with Gasteiger partial charge in [-0.1, -0.05) is 13.8 Å². The Labute approximate surface area is 120 Å². The molecule has 4 rings (SSSR count). The van der Waals surface area contributed by atoms with Gasteiger partial charge < -0.3 is 15.0 Å². The van der Waals surface area contributed by atoms with Gasteiger partial charge in [0.1, 0.15) is 5.82 Å². The zero-order valence-electron chi connectivity index (χ0n) is 12.4. The van der Waals surface area contributed by atoms with Crippen molar-refractivity contribution in [1.82, 2.24) is 14.5 Å². The minimum absolute atomic E-state index is 0.0705. The summed E-state index contributed by atoms with van der Waals surface area (Å²) in [5.74, 6) is 1.69. The number of fused-ring (bicyclic) bond motifs is 2. The zero-order valence-corrected chi connectivity index (χ0v) is 12.4. The molecule has 2 aliphatic heterocycles. The molecule has 1 aromatic heterocycles. The molecule has 1 aromatic rings. The smallest absolute Gasteiger partial charge is 0.122 e. The number of rotatable bonds is 2. The quantitative estimate of drug-likeness (QED) is 0.870. The normalized spacial score (nSPS) is 39.1. The van der Waals surface area contributed by atoms with Crippen LogP contribution in [0.4, 0.5) is 0 Å². The highest BCUT2D eigenvalue weighted by Crippen LogP contribution is 2.58. The van der Waals surface area contributed by atoms with Crippen LogP contribution in [0.25, 0.3) is 0 Å². The highest BCUT2D eigenvalue weighted by Gasteiger charge is 2.67. The molecule has 3 atom stereocenters. The second-order valence-electron chi connectivity index (χ2n) is 7.20. The summed E-state index contributed by atoms with van der Waals surface area (Å²) in [6.45, 7) is 9.38. The molecular weight excluding hydrogens is 252 g/mol. The number of nitrogens with two attached hydrogens (primary N) is 1. The van der Waals surface area contributed by atoms with E-state index in [0.717, 1.165) is 45.0 Å². The summed E-state index contributed by atoms with van der Waals surface area (Å²) in [6.07, 6.45) is 5.44. The van der Waals surface area contributed by atoms with Gasteiger partial charge in [-0.05, 0) is 6.42 Å². The Hall–Kier alpha value is -0.910. The molecule has 5 nitrogen and oxygen atoms in total. The Bertz CT molecular complexity index is 526. The molecule has 1 saturated heterocycles. The number of imidazole rings is 1. The highest BCUT2D eigenvalue weighted by molar-refractivity contribution is 5.21. The number of ether oxygens (including phenoxy) is 1. The first-order chi connectivity index (χ1) is 9.52. The maximum Gasteiger partial charge on any atom is 0.122 e. The van der Waals surface area contributed by atoms with Crippen molar-refractivity contribution in [3.8, 4) is 0 Å². The van der Waals surface area contributed by atoms with Crippen molar-refractivity contribution in [3.63, 3.8) is 0 Å². The molecule has 1 aliphatic carbocycles. The van der Waals surface area contributed by atoms with E-state index in [1.807, 2.05) is 6.20 Å². The average molecular weight is 276 g/mol.